The van der Waals surface area contributed by atoms with Crippen molar-refractivity contribution >= 4 is 5.95 Å². The van der Waals surface area contributed by atoms with Crippen molar-refractivity contribution in [1.82, 2.24) is 15.2 Å². The number of rotatable bonds is 3. The zero-order chi connectivity index (χ0) is 12.4. The number of hydrogen-bond acceptors (Lipinski definition) is 4. The number of aromatic amines is 1. The monoisotopic (exact) mass is 249 g/mol. The van der Waals surface area contributed by atoms with E-state index in [1.165, 1.54) is 38.5 Å². The summed E-state index contributed by atoms with van der Waals surface area (Å²) in [6, 6.07) is 0. The van der Waals surface area contributed by atoms with Gasteiger partial charge in [-0.25, -0.2) is 0 Å². The second-order valence-electron chi connectivity index (χ2n) is 5.69. The highest BCUT2D eigenvalue weighted by Crippen LogP contribution is 2.32. The fourth-order valence-electron chi connectivity index (χ4n) is 3.23. The highest BCUT2D eigenvalue weighted by atomic mass is 15.4. The lowest BCUT2D eigenvalue weighted by molar-refractivity contribution is 0.419. The molecule has 3 N–H and O–H groups in total. The van der Waals surface area contributed by atoms with Crippen molar-refractivity contribution in [3.63, 3.8) is 0 Å². The number of nitrogens with zero attached hydrogens (tertiary/aromatic N) is 3. The van der Waals surface area contributed by atoms with E-state index in [4.69, 9.17) is 10.7 Å². The Kier molecular flexibility index (Phi) is 3.50. The molecule has 1 atom stereocenters. The Bertz CT molecular complexity index is 382. The smallest absolute Gasteiger partial charge is 0.244 e. The van der Waals surface area contributed by atoms with Gasteiger partial charge >= 0.3 is 0 Å². The van der Waals surface area contributed by atoms with Gasteiger partial charge < -0.3 is 10.6 Å². The molecule has 18 heavy (non-hydrogen) atoms. The summed E-state index contributed by atoms with van der Waals surface area (Å²) in [6.07, 6.45) is 7.64. The molecular weight excluding hydrogens is 226 g/mol. The van der Waals surface area contributed by atoms with Gasteiger partial charge in [0.1, 0.15) is 5.82 Å². The summed E-state index contributed by atoms with van der Waals surface area (Å²) >= 11 is 0. The largest absolute Gasteiger partial charge is 0.339 e. The summed E-state index contributed by atoms with van der Waals surface area (Å²) in [6.45, 7) is 2.85. The maximum Gasteiger partial charge on any atom is 0.244 e. The molecule has 1 aliphatic heterocycles. The molecule has 1 aliphatic carbocycles. The predicted molar refractivity (Wildman–Crippen MR) is 71.6 cm³/mol. The zero-order valence-electron chi connectivity index (χ0n) is 10.9. The van der Waals surface area contributed by atoms with Crippen LogP contribution < -0.4 is 10.6 Å². The van der Waals surface area contributed by atoms with Crippen LogP contribution in [0.3, 0.4) is 0 Å². The van der Waals surface area contributed by atoms with E-state index in [2.05, 4.69) is 15.1 Å². The van der Waals surface area contributed by atoms with Gasteiger partial charge in [0, 0.05) is 19.0 Å². The third-order valence-electron chi connectivity index (χ3n) is 4.37. The average molecular weight is 249 g/mol. The van der Waals surface area contributed by atoms with E-state index in [-0.39, 0.29) is 0 Å². The van der Waals surface area contributed by atoms with Gasteiger partial charge in [-0.2, -0.15) is 4.98 Å². The minimum atomic E-state index is 0.604. The maximum absolute atomic E-state index is 5.77. The highest BCUT2D eigenvalue weighted by molar-refractivity contribution is 5.30. The quantitative estimate of drug-likeness (QED) is 0.854. The topological polar surface area (TPSA) is 70.8 Å². The molecule has 1 aromatic heterocycles. The van der Waals surface area contributed by atoms with E-state index in [9.17, 15) is 0 Å². The number of hydrogen-bond donors (Lipinski definition) is 2. The van der Waals surface area contributed by atoms with Crippen molar-refractivity contribution in [1.29, 1.82) is 0 Å². The molecule has 0 aromatic carbocycles. The molecule has 0 bridgehead atoms. The summed E-state index contributed by atoms with van der Waals surface area (Å²) in [5, 5.41) is 7.55. The number of nitrogens with two attached hydrogens (primary N) is 1. The van der Waals surface area contributed by atoms with Crippen LogP contribution in [0.1, 0.15) is 50.3 Å². The molecule has 0 radical (unpaired) electrons. The SMILES string of the molecule is NCC1CCCN(c2n[nH]c(C3CCCC3)n2)C1. The molecule has 1 aromatic rings. The minimum absolute atomic E-state index is 0.604. The third kappa shape index (κ3) is 2.36. The van der Waals surface area contributed by atoms with E-state index < -0.39 is 0 Å². The van der Waals surface area contributed by atoms with Gasteiger partial charge in [-0.3, -0.25) is 5.10 Å². The standard InChI is InChI=1S/C13H23N5/c14-8-10-4-3-7-18(9-10)13-15-12(16-17-13)11-5-1-2-6-11/h10-11H,1-9,14H2,(H,15,16,17). The zero-order valence-corrected chi connectivity index (χ0v) is 10.9. The molecule has 1 unspecified atom stereocenters. The van der Waals surface area contributed by atoms with E-state index in [0.717, 1.165) is 31.4 Å². The van der Waals surface area contributed by atoms with Crippen LogP contribution in [0.25, 0.3) is 0 Å². The minimum Gasteiger partial charge on any atom is -0.339 e. The Balaban J connectivity index is 1.68. The van der Waals surface area contributed by atoms with Gasteiger partial charge in [-0.05, 0) is 38.1 Å². The highest BCUT2D eigenvalue weighted by Gasteiger charge is 2.24. The molecular formula is C13H23N5. The Hall–Kier alpha value is -1.10. The van der Waals surface area contributed by atoms with Crippen LogP contribution >= 0.6 is 0 Å². The van der Waals surface area contributed by atoms with Crippen molar-refractivity contribution in [2.24, 2.45) is 11.7 Å². The van der Waals surface area contributed by atoms with Crippen molar-refractivity contribution in [2.75, 3.05) is 24.5 Å². The molecule has 2 aliphatic rings. The first kappa shape index (κ1) is 12.0. The van der Waals surface area contributed by atoms with Crippen LogP contribution in [-0.2, 0) is 0 Å². The first-order chi connectivity index (χ1) is 8.86. The van der Waals surface area contributed by atoms with Gasteiger partial charge in [-0.1, -0.05) is 12.8 Å². The molecule has 0 amide bonds. The molecule has 2 fully saturated rings. The fourth-order valence-corrected chi connectivity index (χ4v) is 3.23. The first-order valence-corrected chi connectivity index (χ1v) is 7.24. The second-order valence-corrected chi connectivity index (χ2v) is 5.69. The Morgan fingerprint density at radius 3 is 2.83 bits per heavy atom. The summed E-state index contributed by atoms with van der Waals surface area (Å²) in [4.78, 5) is 6.99. The van der Waals surface area contributed by atoms with Gasteiger partial charge in [-0.15, -0.1) is 5.10 Å². The fraction of sp³-hybridized carbons (Fsp3) is 0.846. The second kappa shape index (κ2) is 5.26. The Labute approximate surface area is 108 Å². The molecule has 100 valence electrons. The lowest BCUT2D eigenvalue weighted by Crippen LogP contribution is -2.39. The van der Waals surface area contributed by atoms with Gasteiger partial charge in [0.05, 0.1) is 0 Å². The summed E-state index contributed by atoms with van der Waals surface area (Å²) in [5.41, 5.74) is 5.77. The number of anilines is 1. The van der Waals surface area contributed by atoms with E-state index in [1.807, 2.05) is 0 Å². The number of piperidine rings is 1. The lowest BCUT2D eigenvalue weighted by Gasteiger charge is -2.31. The van der Waals surface area contributed by atoms with E-state index >= 15 is 0 Å². The van der Waals surface area contributed by atoms with Crippen LogP contribution in [-0.4, -0.2) is 34.8 Å². The average Bonchev–Trinajstić information content (AvgIpc) is 3.09. The number of aromatic nitrogens is 3. The van der Waals surface area contributed by atoms with Crippen molar-refractivity contribution < 1.29 is 0 Å². The van der Waals surface area contributed by atoms with Crippen LogP contribution in [0.4, 0.5) is 5.95 Å². The summed E-state index contributed by atoms with van der Waals surface area (Å²) in [5.74, 6) is 3.20. The Morgan fingerprint density at radius 1 is 1.22 bits per heavy atom. The molecule has 1 saturated heterocycles. The molecule has 0 spiro atoms. The van der Waals surface area contributed by atoms with Crippen molar-refractivity contribution in [3.8, 4) is 0 Å². The number of nitrogens with one attached hydrogen (secondary N) is 1. The van der Waals surface area contributed by atoms with E-state index in [0.29, 0.717) is 11.8 Å². The summed E-state index contributed by atoms with van der Waals surface area (Å²) < 4.78 is 0. The predicted octanol–water partition coefficient (Wildman–Crippen LogP) is 1.64. The van der Waals surface area contributed by atoms with Crippen LogP contribution in [0.5, 0.6) is 0 Å². The van der Waals surface area contributed by atoms with Crippen LogP contribution in [0.15, 0.2) is 0 Å². The van der Waals surface area contributed by atoms with Gasteiger partial charge in [0.2, 0.25) is 5.95 Å². The Morgan fingerprint density at radius 2 is 2.06 bits per heavy atom. The van der Waals surface area contributed by atoms with Crippen molar-refractivity contribution in [3.05, 3.63) is 5.82 Å². The van der Waals surface area contributed by atoms with Crippen LogP contribution in [0, 0.1) is 5.92 Å². The first-order valence-electron chi connectivity index (χ1n) is 7.24. The van der Waals surface area contributed by atoms with Crippen LogP contribution in [0.2, 0.25) is 0 Å². The maximum atomic E-state index is 5.77. The molecule has 5 heteroatoms. The summed E-state index contributed by atoms with van der Waals surface area (Å²) in [7, 11) is 0. The molecule has 5 nitrogen and oxygen atoms in total. The van der Waals surface area contributed by atoms with Gasteiger partial charge in [0.15, 0.2) is 0 Å². The van der Waals surface area contributed by atoms with Crippen molar-refractivity contribution in [2.45, 2.75) is 44.4 Å². The normalized spacial score (nSPS) is 25.8. The van der Waals surface area contributed by atoms with E-state index in [1.54, 1.807) is 0 Å². The molecule has 1 saturated carbocycles. The van der Waals surface area contributed by atoms with Gasteiger partial charge in [0.25, 0.3) is 0 Å². The number of H-pyrrole nitrogens is 1. The molecule has 3 rings (SSSR count). The third-order valence-corrected chi connectivity index (χ3v) is 4.37. The molecule has 2 heterocycles. The lowest BCUT2D eigenvalue weighted by atomic mass is 9.99.